The first kappa shape index (κ1) is 32.4. The first-order chi connectivity index (χ1) is 20.3. The van der Waals surface area contributed by atoms with Gasteiger partial charge in [-0.1, -0.05) is 6.07 Å². The predicted octanol–water partition coefficient (Wildman–Crippen LogP) is 4.83. The van der Waals surface area contributed by atoms with Gasteiger partial charge in [0, 0.05) is 50.4 Å². The standard InChI is InChI=1S/C27H30F6N4O5S/c28-26(29,30)41-20-3-1-2-17(15-20)35-25(43)36-18-4-5-19(14-18)40-23-7-6-21(42-27(31,32)33)16-22(23)24(38)34-8-9-37-10-12-39-13-11-37/h1-3,6-7,15-16,18-19H,4-5,8-14H2,(H,34,38)(H2,35,36,43). The van der Waals surface area contributed by atoms with Crippen LogP contribution in [0.15, 0.2) is 42.5 Å². The van der Waals surface area contributed by atoms with Gasteiger partial charge in [0.05, 0.1) is 18.8 Å². The summed E-state index contributed by atoms with van der Waals surface area (Å²) in [6.45, 7) is 3.43. The topological polar surface area (TPSA) is 93.3 Å². The summed E-state index contributed by atoms with van der Waals surface area (Å²) in [4.78, 5) is 15.1. The van der Waals surface area contributed by atoms with Crippen LogP contribution in [0.1, 0.15) is 29.6 Å². The lowest BCUT2D eigenvalue weighted by atomic mass is 10.1. The highest BCUT2D eigenvalue weighted by molar-refractivity contribution is 7.80. The normalized spacial score (nSPS) is 19.4. The van der Waals surface area contributed by atoms with Crippen LogP contribution in [0.5, 0.6) is 17.2 Å². The summed E-state index contributed by atoms with van der Waals surface area (Å²) >= 11 is 5.30. The smallest absolute Gasteiger partial charge is 0.490 e. The van der Waals surface area contributed by atoms with Crippen molar-refractivity contribution in [2.75, 3.05) is 44.7 Å². The third-order valence-corrected chi connectivity index (χ3v) is 6.81. The fourth-order valence-electron chi connectivity index (χ4n) is 4.72. The quantitative estimate of drug-likeness (QED) is 0.251. The molecule has 0 radical (unpaired) electrons. The van der Waals surface area contributed by atoms with Gasteiger partial charge in [-0.25, -0.2) is 0 Å². The van der Waals surface area contributed by atoms with Gasteiger partial charge >= 0.3 is 12.7 Å². The molecule has 2 atom stereocenters. The first-order valence-electron chi connectivity index (χ1n) is 13.4. The van der Waals surface area contributed by atoms with E-state index in [0.29, 0.717) is 52.1 Å². The number of amides is 1. The summed E-state index contributed by atoms with van der Waals surface area (Å²) < 4.78 is 95.3. The van der Waals surface area contributed by atoms with Crippen molar-refractivity contribution in [2.45, 2.75) is 44.1 Å². The summed E-state index contributed by atoms with van der Waals surface area (Å²) in [5.41, 5.74) is 0.189. The minimum atomic E-state index is -4.93. The monoisotopic (exact) mass is 636 g/mol. The Labute approximate surface area is 248 Å². The predicted molar refractivity (Wildman–Crippen MR) is 147 cm³/mol. The average molecular weight is 637 g/mol. The molecule has 43 heavy (non-hydrogen) atoms. The molecule has 1 heterocycles. The van der Waals surface area contributed by atoms with Crippen LogP contribution in [-0.2, 0) is 4.74 Å². The van der Waals surface area contributed by atoms with Gasteiger partial charge in [0.2, 0.25) is 0 Å². The summed E-state index contributed by atoms with van der Waals surface area (Å²) in [7, 11) is 0. The van der Waals surface area contributed by atoms with Gasteiger partial charge < -0.3 is 34.9 Å². The van der Waals surface area contributed by atoms with Crippen molar-refractivity contribution in [3.05, 3.63) is 48.0 Å². The summed E-state index contributed by atoms with van der Waals surface area (Å²) in [5.74, 6) is -1.45. The molecule has 3 N–H and O–H groups in total. The molecule has 16 heteroatoms. The van der Waals surface area contributed by atoms with Crippen molar-refractivity contribution >= 4 is 28.9 Å². The molecular formula is C27H30F6N4O5S. The van der Waals surface area contributed by atoms with Crippen LogP contribution in [-0.4, -0.2) is 80.2 Å². The molecule has 4 rings (SSSR count). The maximum atomic E-state index is 13.0. The molecule has 1 saturated carbocycles. The first-order valence-corrected chi connectivity index (χ1v) is 13.8. The van der Waals surface area contributed by atoms with Crippen LogP contribution >= 0.6 is 12.2 Å². The SMILES string of the molecule is O=C(NCCN1CCOCC1)c1cc(OC(F)(F)F)ccc1OC1CCC(NC(=S)Nc2cccc(OC(F)(F)F)c2)C1. The Morgan fingerprint density at radius 2 is 1.67 bits per heavy atom. The van der Waals surface area contributed by atoms with Crippen LogP contribution in [0.4, 0.5) is 32.0 Å². The van der Waals surface area contributed by atoms with Crippen molar-refractivity contribution in [1.82, 2.24) is 15.5 Å². The maximum Gasteiger partial charge on any atom is 0.573 e. The Kier molecular flexibility index (Phi) is 10.8. The van der Waals surface area contributed by atoms with Gasteiger partial charge in [-0.2, -0.15) is 0 Å². The Hall–Kier alpha value is -3.50. The number of alkyl halides is 6. The fourth-order valence-corrected chi connectivity index (χ4v) is 5.00. The molecule has 0 aromatic heterocycles. The van der Waals surface area contributed by atoms with Gasteiger partial charge in [0.15, 0.2) is 5.11 Å². The summed E-state index contributed by atoms with van der Waals surface area (Å²) in [6, 6.07) is 8.39. The van der Waals surface area contributed by atoms with Gasteiger partial charge in [-0.3, -0.25) is 9.69 Å². The Bertz CT molecular complexity index is 1260. The lowest BCUT2D eigenvalue weighted by Gasteiger charge is -2.26. The number of thiocarbonyl (C=S) groups is 1. The van der Waals surface area contributed by atoms with Crippen molar-refractivity contribution in [3.63, 3.8) is 0 Å². The second kappa shape index (κ2) is 14.3. The van der Waals surface area contributed by atoms with E-state index in [2.05, 4.69) is 30.3 Å². The molecule has 1 amide bonds. The number of anilines is 1. The minimum Gasteiger partial charge on any atom is -0.490 e. The Morgan fingerprint density at radius 1 is 0.977 bits per heavy atom. The molecule has 2 aromatic rings. The zero-order chi connectivity index (χ0) is 31.0. The lowest BCUT2D eigenvalue weighted by molar-refractivity contribution is -0.275. The van der Waals surface area contributed by atoms with E-state index in [9.17, 15) is 31.1 Å². The number of hydrogen-bond donors (Lipinski definition) is 3. The van der Waals surface area contributed by atoms with E-state index in [-0.39, 0.29) is 34.7 Å². The van der Waals surface area contributed by atoms with E-state index < -0.39 is 36.2 Å². The summed E-state index contributed by atoms with van der Waals surface area (Å²) in [6.07, 6.45) is -8.55. The molecule has 9 nitrogen and oxygen atoms in total. The number of morpholine rings is 1. The third kappa shape index (κ3) is 10.9. The van der Waals surface area contributed by atoms with Crippen LogP contribution < -0.4 is 30.2 Å². The van der Waals surface area contributed by atoms with Crippen LogP contribution in [0.3, 0.4) is 0 Å². The van der Waals surface area contributed by atoms with Crippen molar-refractivity contribution < 1.29 is 50.1 Å². The van der Waals surface area contributed by atoms with Gasteiger partial charge in [0.1, 0.15) is 23.4 Å². The number of carbonyl (C=O) groups excluding carboxylic acids is 1. The van der Waals surface area contributed by atoms with E-state index in [1.807, 2.05) is 0 Å². The Morgan fingerprint density at radius 3 is 2.37 bits per heavy atom. The number of ether oxygens (including phenoxy) is 4. The van der Waals surface area contributed by atoms with Crippen molar-refractivity contribution in [2.24, 2.45) is 0 Å². The van der Waals surface area contributed by atoms with E-state index in [1.165, 1.54) is 18.2 Å². The zero-order valence-electron chi connectivity index (χ0n) is 22.7. The molecule has 0 bridgehead atoms. The summed E-state index contributed by atoms with van der Waals surface area (Å²) in [5, 5.41) is 8.80. The second-order valence-corrected chi connectivity index (χ2v) is 10.2. The van der Waals surface area contributed by atoms with E-state index in [1.54, 1.807) is 0 Å². The second-order valence-electron chi connectivity index (χ2n) is 9.84. The number of hydrogen-bond acceptors (Lipinski definition) is 7. The molecule has 2 fully saturated rings. The number of nitrogens with zero attached hydrogens (tertiary/aromatic N) is 1. The van der Waals surface area contributed by atoms with E-state index in [0.717, 1.165) is 24.3 Å². The third-order valence-electron chi connectivity index (χ3n) is 6.59. The Balaban J connectivity index is 1.34. The fraction of sp³-hybridized carbons (Fsp3) is 0.481. The van der Waals surface area contributed by atoms with Crippen LogP contribution in [0.25, 0.3) is 0 Å². The molecule has 2 unspecified atom stereocenters. The highest BCUT2D eigenvalue weighted by Gasteiger charge is 2.33. The molecule has 2 aromatic carbocycles. The van der Waals surface area contributed by atoms with Gasteiger partial charge in [-0.05, 0) is 55.4 Å². The highest BCUT2D eigenvalue weighted by Crippen LogP contribution is 2.32. The molecule has 1 aliphatic heterocycles. The molecule has 1 aliphatic carbocycles. The molecule has 1 saturated heterocycles. The number of halogens is 6. The molecule has 236 valence electrons. The molecule has 2 aliphatic rings. The molecular weight excluding hydrogens is 606 g/mol. The minimum absolute atomic E-state index is 0.0988. The lowest BCUT2D eigenvalue weighted by Crippen LogP contribution is -2.41. The van der Waals surface area contributed by atoms with Crippen LogP contribution in [0.2, 0.25) is 0 Å². The van der Waals surface area contributed by atoms with Crippen molar-refractivity contribution in [3.8, 4) is 17.2 Å². The van der Waals surface area contributed by atoms with Crippen molar-refractivity contribution in [1.29, 1.82) is 0 Å². The number of nitrogens with one attached hydrogen (secondary N) is 3. The zero-order valence-corrected chi connectivity index (χ0v) is 23.5. The molecule has 0 spiro atoms. The number of benzene rings is 2. The van der Waals surface area contributed by atoms with Gasteiger partial charge in [0.25, 0.3) is 5.91 Å². The highest BCUT2D eigenvalue weighted by atomic mass is 32.1. The van der Waals surface area contributed by atoms with E-state index >= 15 is 0 Å². The number of rotatable bonds is 10. The average Bonchev–Trinajstić information content (AvgIpc) is 3.34. The number of carbonyl (C=O) groups is 1. The maximum absolute atomic E-state index is 13.0. The van der Waals surface area contributed by atoms with Gasteiger partial charge in [-0.15, -0.1) is 26.3 Å². The largest absolute Gasteiger partial charge is 0.573 e. The van der Waals surface area contributed by atoms with Crippen LogP contribution in [0, 0.1) is 0 Å². The van der Waals surface area contributed by atoms with E-state index in [4.69, 9.17) is 21.7 Å².